The van der Waals surface area contributed by atoms with Crippen LogP contribution in [0.25, 0.3) is 11.3 Å². The Labute approximate surface area is 109 Å². The van der Waals surface area contributed by atoms with E-state index >= 15 is 0 Å². The van der Waals surface area contributed by atoms with Crippen molar-refractivity contribution in [3.63, 3.8) is 0 Å². The predicted octanol–water partition coefficient (Wildman–Crippen LogP) is 3.07. The lowest BCUT2D eigenvalue weighted by Gasteiger charge is -2.03. The van der Waals surface area contributed by atoms with Gasteiger partial charge in [-0.25, -0.2) is 4.98 Å². The summed E-state index contributed by atoms with van der Waals surface area (Å²) in [5, 5.41) is 8.78. The minimum Gasteiger partial charge on any atom is -0.396 e. The maximum atomic E-state index is 8.78. The summed E-state index contributed by atoms with van der Waals surface area (Å²) in [5.41, 5.74) is 3.39. The molecule has 0 bridgehead atoms. The molecule has 0 amide bonds. The van der Waals surface area contributed by atoms with Crippen molar-refractivity contribution in [3.8, 4) is 11.3 Å². The van der Waals surface area contributed by atoms with Gasteiger partial charge in [0.25, 0.3) is 0 Å². The quantitative estimate of drug-likeness (QED) is 0.910. The van der Waals surface area contributed by atoms with Gasteiger partial charge in [-0.05, 0) is 31.0 Å². The van der Waals surface area contributed by atoms with E-state index in [1.807, 2.05) is 12.3 Å². The van der Waals surface area contributed by atoms with E-state index in [2.05, 4.69) is 45.0 Å². The summed E-state index contributed by atoms with van der Waals surface area (Å²) in [7, 11) is 0. The van der Waals surface area contributed by atoms with Gasteiger partial charge in [0.05, 0.1) is 11.9 Å². The van der Waals surface area contributed by atoms with Gasteiger partial charge in [0, 0.05) is 23.1 Å². The Balaban J connectivity index is 2.27. The molecule has 0 radical (unpaired) electrons. The molecule has 2 rings (SSSR count). The molecule has 0 fully saturated rings. The third-order valence-electron chi connectivity index (χ3n) is 2.69. The largest absolute Gasteiger partial charge is 0.396 e. The summed E-state index contributed by atoms with van der Waals surface area (Å²) >= 11 is 3.47. The van der Waals surface area contributed by atoms with Crippen LogP contribution < -0.4 is 0 Å². The van der Waals surface area contributed by atoms with Crippen LogP contribution in [0.4, 0.5) is 0 Å². The average Bonchev–Trinajstić information content (AvgIpc) is 2.78. The highest BCUT2D eigenvalue weighted by atomic mass is 79.9. The number of aliphatic hydroxyl groups excluding tert-OH is 1. The second-order valence-corrected chi connectivity index (χ2v) is 4.95. The van der Waals surface area contributed by atoms with E-state index in [4.69, 9.17) is 5.11 Å². The van der Waals surface area contributed by atoms with Crippen LogP contribution in [0.1, 0.15) is 17.8 Å². The monoisotopic (exact) mass is 294 g/mol. The summed E-state index contributed by atoms with van der Waals surface area (Å²) in [6, 6.07) is 6.19. The molecule has 1 heterocycles. The van der Waals surface area contributed by atoms with Crippen LogP contribution in [0.15, 0.2) is 28.9 Å². The molecule has 1 aromatic carbocycles. The second-order valence-electron chi connectivity index (χ2n) is 4.03. The fourth-order valence-corrected chi connectivity index (χ4v) is 2.12. The number of aryl methyl sites for hydroxylation is 2. The maximum absolute atomic E-state index is 8.78. The van der Waals surface area contributed by atoms with E-state index in [1.54, 1.807) is 0 Å². The van der Waals surface area contributed by atoms with E-state index in [-0.39, 0.29) is 6.61 Å². The van der Waals surface area contributed by atoms with Crippen molar-refractivity contribution in [3.05, 3.63) is 40.3 Å². The fraction of sp³-hybridized carbons (Fsp3) is 0.308. The zero-order chi connectivity index (χ0) is 12.3. The highest BCUT2D eigenvalue weighted by molar-refractivity contribution is 9.10. The third kappa shape index (κ3) is 2.96. The van der Waals surface area contributed by atoms with Gasteiger partial charge >= 0.3 is 0 Å². The molecule has 0 aliphatic rings. The first-order chi connectivity index (χ1) is 8.20. The van der Waals surface area contributed by atoms with E-state index in [1.165, 1.54) is 5.56 Å². The van der Waals surface area contributed by atoms with Crippen molar-refractivity contribution < 1.29 is 5.11 Å². The minimum absolute atomic E-state index is 0.200. The molecule has 0 aliphatic carbocycles. The number of aromatic nitrogens is 2. The zero-order valence-corrected chi connectivity index (χ0v) is 11.3. The van der Waals surface area contributed by atoms with Gasteiger partial charge in [0.2, 0.25) is 0 Å². The normalized spacial score (nSPS) is 10.8. The highest BCUT2D eigenvalue weighted by Gasteiger charge is 2.06. The molecule has 0 spiro atoms. The molecule has 0 atom stereocenters. The second kappa shape index (κ2) is 5.47. The number of hydrogen-bond donors (Lipinski definition) is 2. The predicted molar refractivity (Wildman–Crippen MR) is 71.9 cm³/mol. The summed E-state index contributed by atoms with van der Waals surface area (Å²) in [5.74, 6) is 0.924. The number of benzene rings is 1. The molecular formula is C13H15BrN2O. The Hall–Kier alpha value is -1.13. The number of hydrogen-bond acceptors (Lipinski definition) is 2. The first-order valence-corrected chi connectivity index (χ1v) is 6.41. The number of imidazole rings is 1. The van der Waals surface area contributed by atoms with Crippen LogP contribution >= 0.6 is 15.9 Å². The standard InChI is InChI=1S/C13H15BrN2O/c1-9-4-5-10(14)7-11(9)12-8-15-13(16-12)3-2-6-17/h4-5,7-8,17H,2-3,6H2,1H3,(H,15,16). The number of H-pyrrole nitrogens is 1. The number of nitrogens with one attached hydrogen (secondary N) is 1. The number of aliphatic hydroxyl groups is 1. The van der Waals surface area contributed by atoms with Gasteiger partial charge in [-0.15, -0.1) is 0 Å². The summed E-state index contributed by atoms with van der Waals surface area (Å²) in [6.45, 7) is 2.28. The van der Waals surface area contributed by atoms with Crippen LogP contribution in [-0.4, -0.2) is 21.7 Å². The van der Waals surface area contributed by atoms with Gasteiger partial charge in [0.1, 0.15) is 5.82 Å². The van der Waals surface area contributed by atoms with Crippen molar-refractivity contribution in [2.24, 2.45) is 0 Å². The molecular weight excluding hydrogens is 280 g/mol. The Bertz CT molecular complexity index is 508. The van der Waals surface area contributed by atoms with Gasteiger partial charge in [-0.1, -0.05) is 22.0 Å². The molecule has 17 heavy (non-hydrogen) atoms. The van der Waals surface area contributed by atoms with E-state index in [9.17, 15) is 0 Å². The van der Waals surface area contributed by atoms with Gasteiger partial charge in [0.15, 0.2) is 0 Å². The van der Waals surface area contributed by atoms with Crippen molar-refractivity contribution in [1.82, 2.24) is 9.97 Å². The van der Waals surface area contributed by atoms with Gasteiger partial charge < -0.3 is 10.1 Å². The number of nitrogens with zero attached hydrogens (tertiary/aromatic N) is 1. The number of rotatable bonds is 4. The van der Waals surface area contributed by atoms with Crippen LogP contribution in [0.3, 0.4) is 0 Å². The van der Waals surface area contributed by atoms with Crippen LogP contribution in [-0.2, 0) is 6.42 Å². The van der Waals surface area contributed by atoms with E-state index < -0.39 is 0 Å². The Morgan fingerprint density at radius 1 is 1.41 bits per heavy atom. The van der Waals surface area contributed by atoms with Gasteiger partial charge in [-0.3, -0.25) is 0 Å². The third-order valence-corrected chi connectivity index (χ3v) is 3.18. The lowest BCUT2D eigenvalue weighted by molar-refractivity contribution is 0.287. The average molecular weight is 295 g/mol. The van der Waals surface area contributed by atoms with Crippen molar-refractivity contribution in [1.29, 1.82) is 0 Å². The van der Waals surface area contributed by atoms with Crippen LogP contribution in [0.5, 0.6) is 0 Å². The van der Waals surface area contributed by atoms with Crippen molar-refractivity contribution in [2.45, 2.75) is 19.8 Å². The smallest absolute Gasteiger partial charge is 0.106 e. The minimum atomic E-state index is 0.200. The first kappa shape index (κ1) is 12.3. The summed E-state index contributed by atoms with van der Waals surface area (Å²) < 4.78 is 1.06. The zero-order valence-electron chi connectivity index (χ0n) is 9.70. The van der Waals surface area contributed by atoms with Crippen LogP contribution in [0, 0.1) is 6.92 Å². The highest BCUT2D eigenvalue weighted by Crippen LogP contribution is 2.25. The fourth-order valence-electron chi connectivity index (χ4n) is 1.76. The molecule has 0 saturated heterocycles. The summed E-state index contributed by atoms with van der Waals surface area (Å²) in [4.78, 5) is 7.61. The Morgan fingerprint density at radius 3 is 3.00 bits per heavy atom. The number of aromatic amines is 1. The molecule has 3 nitrogen and oxygen atoms in total. The molecule has 1 aromatic heterocycles. The van der Waals surface area contributed by atoms with E-state index in [0.29, 0.717) is 0 Å². The number of halogens is 1. The summed E-state index contributed by atoms with van der Waals surface area (Å²) in [6.07, 6.45) is 3.37. The molecule has 90 valence electrons. The molecule has 2 aromatic rings. The lowest BCUT2D eigenvalue weighted by Crippen LogP contribution is -1.91. The Morgan fingerprint density at radius 2 is 2.24 bits per heavy atom. The molecule has 0 unspecified atom stereocenters. The maximum Gasteiger partial charge on any atom is 0.106 e. The van der Waals surface area contributed by atoms with Crippen LogP contribution in [0.2, 0.25) is 0 Å². The molecule has 4 heteroatoms. The van der Waals surface area contributed by atoms with E-state index in [0.717, 1.165) is 34.4 Å². The molecule has 0 saturated carbocycles. The molecule has 2 N–H and O–H groups in total. The SMILES string of the molecule is Cc1ccc(Br)cc1-c1cnc(CCCO)[nH]1. The van der Waals surface area contributed by atoms with Crippen molar-refractivity contribution >= 4 is 15.9 Å². The Kier molecular flexibility index (Phi) is 3.97. The first-order valence-electron chi connectivity index (χ1n) is 5.62. The topological polar surface area (TPSA) is 48.9 Å². The molecule has 0 aliphatic heterocycles. The van der Waals surface area contributed by atoms with Gasteiger partial charge in [-0.2, -0.15) is 0 Å². The lowest BCUT2D eigenvalue weighted by atomic mass is 10.1. The van der Waals surface area contributed by atoms with Crippen molar-refractivity contribution in [2.75, 3.05) is 6.61 Å².